The SMILES string of the molecule is CCn1cccc1[C@H]1[C@H](c2ccccn2)NC(=S)N1c1ccc(C)c(C)c1. The Morgan fingerprint density at radius 3 is 2.63 bits per heavy atom. The number of nitrogens with zero attached hydrogens (tertiary/aromatic N) is 3. The van der Waals surface area contributed by atoms with Gasteiger partial charge in [-0.2, -0.15) is 0 Å². The average Bonchev–Trinajstić information content (AvgIpc) is 3.28. The van der Waals surface area contributed by atoms with E-state index < -0.39 is 0 Å². The van der Waals surface area contributed by atoms with Crippen molar-refractivity contribution in [1.29, 1.82) is 0 Å². The number of hydrogen-bond acceptors (Lipinski definition) is 2. The number of aryl methyl sites for hydroxylation is 3. The van der Waals surface area contributed by atoms with Crippen LogP contribution in [0.25, 0.3) is 0 Å². The Bertz CT molecular complexity index is 963. The van der Waals surface area contributed by atoms with E-state index >= 15 is 0 Å². The van der Waals surface area contributed by atoms with Crippen LogP contribution in [0.1, 0.15) is 41.5 Å². The van der Waals surface area contributed by atoms with Gasteiger partial charge in [0.25, 0.3) is 0 Å². The summed E-state index contributed by atoms with van der Waals surface area (Å²) in [7, 11) is 0. The van der Waals surface area contributed by atoms with Gasteiger partial charge < -0.3 is 14.8 Å². The summed E-state index contributed by atoms with van der Waals surface area (Å²) in [6, 6.07) is 16.9. The maximum Gasteiger partial charge on any atom is 0.174 e. The molecule has 1 aliphatic rings. The molecule has 1 aliphatic heterocycles. The molecule has 3 heterocycles. The van der Waals surface area contributed by atoms with Gasteiger partial charge in [-0.25, -0.2) is 0 Å². The normalized spacial score (nSPS) is 19.4. The zero-order valence-electron chi connectivity index (χ0n) is 15.9. The van der Waals surface area contributed by atoms with Gasteiger partial charge in [0.2, 0.25) is 0 Å². The molecule has 0 amide bonds. The highest BCUT2D eigenvalue weighted by atomic mass is 32.1. The van der Waals surface area contributed by atoms with Crippen LogP contribution in [0.4, 0.5) is 5.69 Å². The predicted molar refractivity (Wildman–Crippen MR) is 114 cm³/mol. The molecular formula is C22H24N4S. The van der Waals surface area contributed by atoms with Gasteiger partial charge >= 0.3 is 0 Å². The number of nitrogens with one attached hydrogen (secondary N) is 1. The molecular weight excluding hydrogens is 352 g/mol. The zero-order chi connectivity index (χ0) is 19.0. The second-order valence-corrected chi connectivity index (χ2v) is 7.37. The van der Waals surface area contributed by atoms with Crippen molar-refractivity contribution in [2.24, 2.45) is 0 Å². The van der Waals surface area contributed by atoms with E-state index in [1.807, 2.05) is 18.3 Å². The molecule has 3 aromatic rings. The maximum atomic E-state index is 5.78. The van der Waals surface area contributed by atoms with Crippen molar-refractivity contribution >= 4 is 23.0 Å². The molecule has 4 rings (SSSR count). The molecule has 2 atom stereocenters. The van der Waals surface area contributed by atoms with Crippen molar-refractivity contribution in [2.75, 3.05) is 4.90 Å². The molecule has 5 heteroatoms. The largest absolute Gasteiger partial charge is 0.351 e. The molecule has 1 aromatic carbocycles. The lowest BCUT2D eigenvalue weighted by Crippen LogP contribution is -2.30. The molecule has 0 unspecified atom stereocenters. The first-order valence-corrected chi connectivity index (χ1v) is 9.74. The van der Waals surface area contributed by atoms with Gasteiger partial charge in [0, 0.05) is 30.3 Å². The van der Waals surface area contributed by atoms with Crippen molar-refractivity contribution in [1.82, 2.24) is 14.9 Å². The van der Waals surface area contributed by atoms with Crippen molar-refractivity contribution in [3.05, 3.63) is 83.4 Å². The lowest BCUT2D eigenvalue weighted by atomic mass is 10.00. The van der Waals surface area contributed by atoms with Crippen LogP contribution in [0.2, 0.25) is 0 Å². The van der Waals surface area contributed by atoms with Gasteiger partial charge in [0.05, 0.1) is 11.7 Å². The summed E-state index contributed by atoms with van der Waals surface area (Å²) in [5.41, 5.74) is 5.90. The third-order valence-corrected chi connectivity index (χ3v) is 5.69. The highest BCUT2D eigenvalue weighted by Crippen LogP contribution is 2.41. The van der Waals surface area contributed by atoms with Crippen LogP contribution >= 0.6 is 12.2 Å². The minimum absolute atomic E-state index is 0.000471. The van der Waals surface area contributed by atoms with Gasteiger partial charge in [0.1, 0.15) is 6.04 Å². The van der Waals surface area contributed by atoms with Crippen molar-refractivity contribution in [2.45, 2.75) is 39.4 Å². The van der Waals surface area contributed by atoms with Crippen LogP contribution in [0.5, 0.6) is 0 Å². The molecule has 27 heavy (non-hydrogen) atoms. The lowest BCUT2D eigenvalue weighted by molar-refractivity contribution is 0.529. The van der Waals surface area contributed by atoms with Crippen LogP contribution in [-0.4, -0.2) is 14.7 Å². The fourth-order valence-electron chi connectivity index (χ4n) is 3.79. The molecule has 138 valence electrons. The van der Waals surface area contributed by atoms with Crippen LogP contribution in [0.3, 0.4) is 0 Å². The molecule has 1 fully saturated rings. The molecule has 4 nitrogen and oxygen atoms in total. The van der Waals surface area contributed by atoms with E-state index in [1.54, 1.807) is 0 Å². The summed E-state index contributed by atoms with van der Waals surface area (Å²) in [5, 5.41) is 4.26. The highest BCUT2D eigenvalue weighted by molar-refractivity contribution is 7.80. The topological polar surface area (TPSA) is 33.1 Å². The number of aromatic nitrogens is 2. The predicted octanol–water partition coefficient (Wildman–Crippen LogP) is 4.70. The van der Waals surface area contributed by atoms with Crippen LogP contribution in [0.15, 0.2) is 60.9 Å². The lowest BCUT2D eigenvalue weighted by Gasteiger charge is -2.29. The number of benzene rings is 1. The summed E-state index contributed by atoms with van der Waals surface area (Å²) in [5.74, 6) is 0. The number of pyridine rings is 1. The first-order chi connectivity index (χ1) is 13.1. The van der Waals surface area contributed by atoms with E-state index in [1.165, 1.54) is 16.8 Å². The first-order valence-electron chi connectivity index (χ1n) is 9.33. The molecule has 0 bridgehead atoms. The van der Waals surface area contributed by atoms with Gasteiger partial charge in [-0.3, -0.25) is 4.98 Å². The molecule has 0 radical (unpaired) electrons. The van der Waals surface area contributed by atoms with Gasteiger partial charge in [0.15, 0.2) is 5.11 Å². The molecule has 0 aliphatic carbocycles. The van der Waals surface area contributed by atoms with Crippen molar-refractivity contribution in [3.63, 3.8) is 0 Å². The van der Waals surface area contributed by atoms with E-state index in [2.05, 4.69) is 83.1 Å². The average molecular weight is 377 g/mol. The molecule has 0 saturated carbocycles. The summed E-state index contributed by atoms with van der Waals surface area (Å²) in [6.07, 6.45) is 3.97. The molecule has 1 saturated heterocycles. The highest BCUT2D eigenvalue weighted by Gasteiger charge is 2.41. The maximum absolute atomic E-state index is 5.78. The number of rotatable bonds is 4. The molecule has 2 aromatic heterocycles. The summed E-state index contributed by atoms with van der Waals surface area (Å²) >= 11 is 5.78. The smallest absolute Gasteiger partial charge is 0.174 e. The number of thiocarbonyl (C=S) groups is 1. The van der Waals surface area contributed by atoms with Crippen molar-refractivity contribution < 1.29 is 0 Å². The quantitative estimate of drug-likeness (QED) is 0.669. The second-order valence-electron chi connectivity index (χ2n) is 6.98. The second kappa shape index (κ2) is 7.16. The fraction of sp³-hybridized carbons (Fsp3) is 0.273. The summed E-state index contributed by atoms with van der Waals surface area (Å²) in [4.78, 5) is 6.85. The zero-order valence-corrected chi connectivity index (χ0v) is 16.7. The number of anilines is 1. The molecule has 1 N–H and O–H groups in total. The fourth-order valence-corrected chi connectivity index (χ4v) is 4.14. The standard InChI is InChI=1S/C22H24N4S/c1-4-25-13-7-9-19(25)21-20(18-8-5-6-12-23-18)24-22(27)26(21)17-11-10-15(2)16(3)14-17/h5-14,20-21H,4H2,1-3H3,(H,24,27)/t20-,21-/m0/s1. The van der Waals surface area contributed by atoms with E-state index in [9.17, 15) is 0 Å². The Kier molecular flexibility index (Phi) is 4.70. The summed E-state index contributed by atoms with van der Waals surface area (Å²) in [6.45, 7) is 7.36. The van der Waals surface area contributed by atoms with Crippen LogP contribution in [-0.2, 0) is 6.54 Å². The first kappa shape index (κ1) is 17.7. The van der Waals surface area contributed by atoms with E-state index in [4.69, 9.17) is 12.2 Å². The Balaban J connectivity index is 1.85. The number of hydrogen-bond donors (Lipinski definition) is 1. The van der Waals surface area contributed by atoms with Gasteiger partial charge in [-0.1, -0.05) is 12.1 Å². The third kappa shape index (κ3) is 3.12. The third-order valence-electron chi connectivity index (χ3n) is 5.38. The van der Waals surface area contributed by atoms with Gasteiger partial charge in [-0.15, -0.1) is 0 Å². The van der Waals surface area contributed by atoms with Crippen molar-refractivity contribution in [3.8, 4) is 0 Å². The Morgan fingerprint density at radius 1 is 1.07 bits per heavy atom. The minimum atomic E-state index is 0.000471. The molecule has 0 spiro atoms. The summed E-state index contributed by atoms with van der Waals surface area (Å²) < 4.78 is 2.28. The minimum Gasteiger partial charge on any atom is -0.351 e. The van der Waals surface area contributed by atoms with Crippen LogP contribution < -0.4 is 10.2 Å². The Labute approximate surface area is 165 Å². The van der Waals surface area contributed by atoms with E-state index in [-0.39, 0.29) is 12.1 Å². The monoisotopic (exact) mass is 376 g/mol. The van der Waals surface area contributed by atoms with Gasteiger partial charge in [-0.05, 0) is 80.5 Å². The Morgan fingerprint density at radius 2 is 1.93 bits per heavy atom. The van der Waals surface area contributed by atoms with E-state index in [0.29, 0.717) is 0 Å². The van der Waals surface area contributed by atoms with E-state index in [0.717, 1.165) is 23.0 Å². The Hall–Kier alpha value is -2.66. The van der Waals surface area contributed by atoms with Crippen LogP contribution in [0, 0.1) is 13.8 Å².